The van der Waals surface area contributed by atoms with E-state index in [1.807, 2.05) is 16.8 Å². The number of nitrogens with zero attached hydrogens (tertiary/aromatic N) is 3. The third kappa shape index (κ3) is 2.34. The van der Waals surface area contributed by atoms with Crippen LogP contribution in [0.3, 0.4) is 0 Å². The van der Waals surface area contributed by atoms with E-state index in [0.29, 0.717) is 6.54 Å². The van der Waals surface area contributed by atoms with Gasteiger partial charge in [-0.25, -0.2) is 4.98 Å². The van der Waals surface area contributed by atoms with Gasteiger partial charge in [0.25, 0.3) is 5.91 Å². The normalized spacial score (nSPS) is 11.1. The first-order valence-corrected chi connectivity index (χ1v) is 7.48. The van der Waals surface area contributed by atoms with Crippen LogP contribution in [-0.4, -0.2) is 26.6 Å². The molecule has 1 N–H and O–H groups in total. The van der Waals surface area contributed by atoms with Crippen LogP contribution in [0.25, 0.3) is 10.2 Å². The Morgan fingerprint density at radius 3 is 3.15 bits per heavy atom. The van der Waals surface area contributed by atoms with Crippen molar-refractivity contribution in [3.05, 3.63) is 41.9 Å². The molecule has 0 aliphatic heterocycles. The molecule has 0 saturated heterocycles. The topological polar surface area (TPSA) is 51.9 Å². The summed E-state index contributed by atoms with van der Waals surface area (Å²) in [6, 6.07) is 4.03. The molecule has 0 aromatic carbocycles. The second-order valence-electron chi connectivity index (χ2n) is 4.50. The summed E-state index contributed by atoms with van der Waals surface area (Å²) in [5, 5.41) is 5.01. The van der Waals surface area contributed by atoms with Gasteiger partial charge >= 0.3 is 0 Å². The Morgan fingerprint density at radius 2 is 2.40 bits per heavy atom. The van der Waals surface area contributed by atoms with Crippen molar-refractivity contribution < 1.29 is 4.79 Å². The maximum Gasteiger partial charge on any atom is 0.268 e. The van der Waals surface area contributed by atoms with E-state index in [2.05, 4.69) is 33.2 Å². The van der Waals surface area contributed by atoms with E-state index in [1.54, 1.807) is 23.9 Å². The molecule has 0 aliphatic rings. The number of thiophene rings is 1. The molecule has 3 heterocycles. The molecule has 0 radical (unpaired) electrons. The standard InChI is InChI=1S/C14H16N4OS/c1-2-18-11-3-8-20-13(11)9-12(18)14(19)16-5-7-17-6-4-15-10-17/h3-4,6,8-10H,2,5,7H2,1H3,(H,16,19). The second kappa shape index (κ2) is 5.50. The van der Waals surface area contributed by atoms with Crippen LogP contribution in [0.2, 0.25) is 0 Å². The third-order valence-corrected chi connectivity index (χ3v) is 4.14. The monoisotopic (exact) mass is 288 g/mol. The average molecular weight is 288 g/mol. The van der Waals surface area contributed by atoms with Crippen LogP contribution in [0, 0.1) is 0 Å². The molecule has 0 saturated carbocycles. The van der Waals surface area contributed by atoms with Crippen LogP contribution in [-0.2, 0) is 13.1 Å². The molecule has 3 rings (SSSR count). The van der Waals surface area contributed by atoms with Crippen molar-refractivity contribution in [1.29, 1.82) is 0 Å². The minimum Gasteiger partial charge on any atom is -0.349 e. The van der Waals surface area contributed by atoms with Gasteiger partial charge in [-0.2, -0.15) is 0 Å². The fraction of sp³-hybridized carbons (Fsp3) is 0.286. The molecule has 20 heavy (non-hydrogen) atoms. The van der Waals surface area contributed by atoms with E-state index in [-0.39, 0.29) is 5.91 Å². The van der Waals surface area contributed by atoms with E-state index in [4.69, 9.17) is 0 Å². The van der Waals surface area contributed by atoms with Gasteiger partial charge in [0.15, 0.2) is 0 Å². The molecule has 0 aliphatic carbocycles. The van der Waals surface area contributed by atoms with Crippen molar-refractivity contribution >= 4 is 27.5 Å². The Morgan fingerprint density at radius 1 is 1.50 bits per heavy atom. The number of fused-ring (bicyclic) bond motifs is 1. The minimum atomic E-state index is -0.0182. The molecule has 1 amide bonds. The smallest absolute Gasteiger partial charge is 0.268 e. The maximum atomic E-state index is 12.3. The maximum absolute atomic E-state index is 12.3. The van der Waals surface area contributed by atoms with E-state index < -0.39 is 0 Å². The molecule has 0 bridgehead atoms. The first-order chi connectivity index (χ1) is 9.79. The lowest BCUT2D eigenvalue weighted by atomic mass is 10.4. The summed E-state index contributed by atoms with van der Waals surface area (Å²) < 4.78 is 5.16. The molecule has 0 unspecified atom stereocenters. The van der Waals surface area contributed by atoms with Crippen LogP contribution >= 0.6 is 11.3 Å². The van der Waals surface area contributed by atoms with Gasteiger partial charge in [-0.3, -0.25) is 4.79 Å². The number of nitrogens with one attached hydrogen (secondary N) is 1. The molecule has 104 valence electrons. The van der Waals surface area contributed by atoms with E-state index in [9.17, 15) is 4.79 Å². The molecular formula is C14H16N4OS. The quantitative estimate of drug-likeness (QED) is 0.783. The van der Waals surface area contributed by atoms with Gasteiger partial charge in [-0.1, -0.05) is 0 Å². The van der Waals surface area contributed by atoms with Gasteiger partial charge in [-0.05, 0) is 24.4 Å². The molecule has 5 nitrogen and oxygen atoms in total. The highest BCUT2D eigenvalue weighted by molar-refractivity contribution is 7.17. The molecule has 0 spiro atoms. The Balaban J connectivity index is 1.70. The number of amides is 1. The Labute approximate surface area is 120 Å². The summed E-state index contributed by atoms with van der Waals surface area (Å²) in [6.07, 6.45) is 5.37. The zero-order chi connectivity index (χ0) is 13.9. The van der Waals surface area contributed by atoms with Crippen LogP contribution in [0.1, 0.15) is 17.4 Å². The van der Waals surface area contributed by atoms with Crippen LogP contribution in [0.15, 0.2) is 36.2 Å². The zero-order valence-electron chi connectivity index (χ0n) is 11.2. The summed E-state index contributed by atoms with van der Waals surface area (Å²) in [7, 11) is 0. The molecule has 0 fully saturated rings. The summed E-state index contributed by atoms with van der Waals surface area (Å²) in [6.45, 7) is 4.18. The molecule has 3 aromatic heterocycles. The summed E-state index contributed by atoms with van der Waals surface area (Å²) in [5.74, 6) is -0.0182. The van der Waals surface area contributed by atoms with Crippen molar-refractivity contribution in [2.24, 2.45) is 0 Å². The van der Waals surface area contributed by atoms with E-state index in [1.165, 1.54) is 0 Å². The predicted molar refractivity (Wildman–Crippen MR) is 80.0 cm³/mol. The molecule has 3 aromatic rings. The highest BCUT2D eigenvalue weighted by Crippen LogP contribution is 2.25. The lowest BCUT2D eigenvalue weighted by Gasteiger charge is -2.08. The lowest BCUT2D eigenvalue weighted by molar-refractivity contribution is 0.0943. The number of aryl methyl sites for hydroxylation is 1. The van der Waals surface area contributed by atoms with Gasteiger partial charge in [-0.15, -0.1) is 11.3 Å². The van der Waals surface area contributed by atoms with Gasteiger partial charge in [0, 0.05) is 32.0 Å². The average Bonchev–Trinajstić information content (AvgIpc) is 3.14. The summed E-state index contributed by atoms with van der Waals surface area (Å²) >= 11 is 1.66. The Kier molecular flexibility index (Phi) is 3.56. The van der Waals surface area contributed by atoms with Gasteiger partial charge in [0.05, 0.1) is 16.5 Å². The third-order valence-electron chi connectivity index (χ3n) is 3.29. The van der Waals surface area contributed by atoms with Crippen molar-refractivity contribution in [2.45, 2.75) is 20.0 Å². The molecular weight excluding hydrogens is 272 g/mol. The highest BCUT2D eigenvalue weighted by atomic mass is 32.1. The van der Waals surface area contributed by atoms with Crippen molar-refractivity contribution in [3.63, 3.8) is 0 Å². The first-order valence-electron chi connectivity index (χ1n) is 6.60. The molecule has 0 atom stereocenters. The number of rotatable bonds is 5. The number of aromatic nitrogens is 3. The lowest BCUT2D eigenvalue weighted by Crippen LogP contribution is -2.28. The number of carbonyl (C=O) groups excluding carboxylic acids is 1. The fourth-order valence-corrected chi connectivity index (χ4v) is 3.14. The SMILES string of the molecule is CCn1c(C(=O)NCCn2ccnc2)cc2sccc21. The van der Waals surface area contributed by atoms with Crippen molar-refractivity contribution in [2.75, 3.05) is 6.54 Å². The van der Waals surface area contributed by atoms with Crippen LogP contribution < -0.4 is 5.32 Å². The number of imidazole rings is 1. The number of carbonyl (C=O) groups is 1. The summed E-state index contributed by atoms with van der Waals surface area (Å²) in [4.78, 5) is 16.2. The Hall–Kier alpha value is -2.08. The minimum absolute atomic E-state index is 0.0182. The van der Waals surface area contributed by atoms with Gasteiger partial charge in [0.1, 0.15) is 5.69 Å². The largest absolute Gasteiger partial charge is 0.349 e. The highest BCUT2D eigenvalue weighted by Gasteiger charge is 2.14. The van der Waals surface area contributed by atoms with Gasteiger partial charge in [0.2, 0.25) is 0 Å². The van der Waals surface area contributed by atoms with Crippen molar-refractivity contribution in [1.82, 2.24) is 19.4 Å². The van der Waals surface area contributed by atoms with Crippen LogP contribution in [0.5, 0.6) is 0 Å². The number of hydrogen-bond donors (Lipinski definition) is 1. The Bertz CT molecular complexity index is 711. The van der Waals surface area contributed by atoms with Crippen molar-refractivity contribution in [3.8, 4) is 0 Å². The first kappa shape index (κ1) is 12.9. The summed E-state index contributed by atoms with van der Waals surface area (Å²) in [5.41, 5.74) is 1.87. The second-order valence-corrected chi connectivity index (χ2v) is 5.45. The number of hydrogen-bond acceptors (Lipinski definition) is 3. The van der Waals surface area contributed by atoms with E-state index >= 15 is 0 Å². The fourth-order valence-electron chi connectivity index (χ4n) is 2.31. The predicted octanol–water partition coefficient (Wildman–Crippen LogP) is 2.35. The van der Waals surface area contributed by atoms with Crippen LogP contribution in [0.4, 0.5) is 0 Å². The molecule has 6 heteroatoms. The zero-order valence-corrected chi connectivity index (χ0v) is 12.1. The van der Waals surface area contributed by atoms with Gasteiger partial charge < -0.3 is 14.5 Å². The van der Waals surface area contributed by atoms with E-state index in [0.717, 1.165) is 29.0 Å².